The molecule has 214 valence electrons. The van der Waals surface area contributed by atoms with Crippen molar-refractivity contribution >= 4 is 27.5 Å². The van der Waals surface area contributed by atoms with Gasteiger partial charge >= 0.3 is 0 Å². The molecular weight excluding hydrogens is 521 g/mol. The van der Waals surface area contributed by atoms with Crippen LogP contribution in [0.15, 0.2) is 48.5 Å². The molecule has 1 fully saturated rings. The quantitative estimate of drug-likeness (QED) is 0.385. The van der Waals surface area contributed by atoms with Crippen LogP contribution in [0.2, 0.25) is 0 Å². The van der Waals surface area contributed by atoms with Gasteiger partial charge in [0.2, 0.25) is 21.8 Å². The number of methoxy groups -OCH3 is 1. The molecule has 2 amide bonds. The van der Waals surface area contributed by atoms with E-state index in [1.807, 2.05) is 6.92 Å². The summed E-state index contributed by atoms with van der Waals surface area (Å²) in [4.78, 5) is 28.4. The van der Waals surface area contributed by atoms with E-state index in [4.69, 9.17) is 4.74 Å². The maximum atomic E-state index is 13.6. The molecule has 10 heteroatoms. The molecular formula is C29H40FN3O5S. The van der Waals surface area contributed by atoms with Crippen molar-refractivity contribution < 1.29 is 27.1 Å². The van der Waals surface area contributed by atoms with Crippen molar-refractivity contribution in [3.63, 3.8) is 0 Å². The third-order valence-electron chi connectivity index (χ3n) is 7.12. The van der Waals surface area contributed by atoms with Crippen LogP contribution in [0.3, 0.4) is 0 Å². The summed E-state index contributed by atoms with van der Waals surface area (Å²) in [6, 6.07) is 12.0. The standard InChI is InChI=1S/C29H40FN3O5S/c1-4-27(29(35)31-24-9-6-5-7-10-24)32(21-22-12-14-23(30)15-13-22)28(34)11-8-20-33(39(3,36)37)25-16-18-26(38-2)19-17-25/h12-19,24,27H,4-11,20-21H2,1-3H3,(H,31,35)/t27-/m1/s1. The van der Waals surface area contributed by atoms with Gasteiger partial charge in [0.15, 0.2) is 0 Å². The van der Waals surface area contributed by atoms with E-state index in [0.717, 1.165) is 31.9 Å². The number of rotatable bonds is 13. The number of amides is 2. The Kier molecular flexibility index (Phi) is 11.2. The molecule has 0 spiro atoms. The molecule has 0 unspecified atom stereocenters. The number of hydrogen-bond acceptors (Lipinski definition) is 5. The van der Waals surface area contributed by atoms with Crippen molar-refractivity contribution in [2.24, 2.45) is 0 Å². The van der Waals surface area contributed by atoms with Crippen LogP contribution < -0.4 is 14.4 Å². The first-order valence-electron chi connectivity index (χ1n) is 13.6. The van der Waals surface area contributed by atoms with Gasteiger partial charge in [0.1, 0.15) is 17.6 Å². The number of carbonyl (C=O) groups is 2. The highest BCUT2D eigenvalue weighted by Gasteiger charge is 2.30. The first-order valence-corrected chi connectivity index (χ1v) is 15.4. The Hall–Kier alpha value is -3.14. The molecule has 3 rings (SSSR count). The summed E-state index contributed by atoms with van der Waals surface area (Å²) >= 11 is 0. The largest absolute Gasteiger partial charge is 0.497 e. The summed E-state index contributed by atoms with van der Waals surface area (Å²) in [5.74, 6) is -0.210. The first-order chi connectivity index (χ1) is 18.6. The SMILES string of the molecule is CC[C@H](C(=O)NC1CCCCC1)N(Cc1ccc(F)cc1)C(=O)CCCN(c1ccc(OC)cc1)S(C)(=O)=O. The second-order valence-electron chi connectivity index (χ2n) is 10.1. The van der Waals surface area contributed by atoms with E-state index in [-0.39, 0.29) is 49.6 Å². The van der Waals surface area contributed by atoms with Gasteiger partial charge in [-0.05, 0) is 67.6 Å². The van der Waals surface area contributed by atoms with E-state index < -0.39 is 16.1 Å². The Morgan fingerprint density at radius 1 is 1.05 bits per heavy atom. The van der Waals surface area contributed by atoms with Gasteiger partial charge < -0.3 is 15.0 Å². The van der Waals surface area contributed by atoms with Gasteiger partial charge in [-0.3, -0.25) is 13.9 Å². The van der Waals surface area contributed by atoms with Crippen LogP contribution in [-0.2, 0) is 26.2 Å². The lowest BCUT2D eigenvalue weighted by Crippen LogP contribution is -2.51. The summed E-state index contributed by atoms with van der Waals surface area (Å²) < 4.78 is 45.0. The lowest BCUT2D eigenvalue weighted by molar-refractivity contribution is -0.141. The number of anilines is 1. The Balaban J connectivity index is 1.74. The molecule has 1 saturated carbocycles. The highest BCUT2D eigenvalue weighted by atomic mass is 32.2. The molecule has 0 heterocycles. The fraction of sp³-hybridized carbons (Fsp3) is 0.517. The van der Waals surface area contributed by atoms with E-state index in [0.29, 0.717) is 23.4 Å². The predicted molar refractivity (Wildman–Crippen MR) is 150 cm³/mol. The molecule has 0 radical (unpaired) electrons. The van der Waals surface area contributed by atoms with E-state index >= 15 is 0 Å². The molecule has 0 saturated heterocycles. The van der Waals surface area contributed by atoms with Gasteiger partial charge in [0.05, 0.1) is 19.1 Å². The Morgan fingerprint density at radius 3 is 2.26 bits per heavy atom. The molecule has 0 aliphatic heterocycles. The highest BCUT2D eigenvalue weighted by molar-refractivity contribution is 7.92. The van der Waals surface area contributed by atoms with Gasteiger partial charge in [-0.2, -0.15) is 0 Å². The third-order valence-corrected chi connectivity index (χ3v) is 8.31. The summed E-state index contributed by atoms with van der Waals surface area (Å²) in [5, 5.41) is 3.13. The van der Waals surface area contributed by atoms with Crippen LogP contribution in [0.25, 0.3) is 0 Å². The number of hydrogen-bond donors (Lipinski definition) is 1. The minimum Gasteiger partial charge on any atom is -0.497 e. The lowest BCUT2D eigenvalue weighted by atomic mass is 9.95. The zero-order valence-electron chi connectivity index (χ0n) is 23.1. The van der Waals surface area contributed by atoms with Crippen molar-refractivity contribution in [1.29, 1.82) is 0 Å². The van der Waals surface area contributed by atoms with E-state index in [2.05, 4.69) is 5.32 Å². The fourth-order valence-corrected chi connectivity index (χ4v) is 5.97. The Labute approximate surface area is 231 Å². The number of sulfonamides is 1. The maximum Gasteiger partial charge on any atom is 0.243 e. The van der Waals surface area contributed by atoms with Gasteiger partial charge in [-0.25, -0.2) is 12.8 Å². The normalized spacial score (nSPS) is 14.9. The van der Waals surface area contributed by atoms with Crippen LogP contribution in [0, 0.1) is 5.82 Å². The van der Waals surface area contributed by atoms with Gasteiger partial charge in [0, 0.05) is 25.6 Å². The Morgan fingerprint density at radius 2 is 1.69 bits per heavy atom. The number of nitrogens with one attached hydrogen (secondary N) is 1. The molecule has 8 nitrogen and oxygen atoms in total. The number of halogens is 1. The molecule has 1 aliphatic carbocycles. The summed E-state index contributed by atoms with van der Waals surface area (Å²) in [6.07, 6.45) is 7.04. The maximum absolute atomic E-state index is 13.6. The monoisotopic (exact) mass is 561 g/mol. The second-order valence-corrected chi connectivity index (χ2v) is 12.0. The number of carbonyl (C=O) groups excluding carboxylic acids is 2. The number of ether oxygens (including phenoxy) is 1. The third kappa shape index (κ3) is 8.95. The van der Waals surface area contributed by atoms with Crippen molar-refractivity contribution in [2.45, 2.75) is 76.9 Å². The van der Waals surface area contributed by atoms with E-state index in [1.165, 1.54) is 30.0 Å². The predicted octanol–water partition coefficient (Wildman–Crippen LogP) is 4.64. The minimum atomic E-state index is -3.59. The van der Waals surface area contributed by atoms with Crippen molar-refractivity contribution in [3.8, 4) is 5.75 Å². The lowest BCUT2D eigenvalue weighted by Gasteiger charge is -2.33. The molecule has 0 bridgehead atoms. The van der Waals surface area contributed by atoms with Gasteiger partial charge in [0.25, 0.3) is 0 Å². The molecule has 2 aromatic rings. The first kappa shape index (κ1) is 30.4. The summed E-state index contributed by atoms with van der Waals surface area (Å²) in [7, 11) is -2.06. The van der Waals surface area contributed by atoms with Gasteiger partial charge in [-0.1, -0.05) is 38.3 Å². The average molecular weight is 562 g/mol. The van der Waals surface area contributed by atoms with Gasteiger partial charge in [-0.15, -0.1) is 0 Å². The summed E-state index contributed by atoms with van der Waals surface area (Å²) in [6.45, 7) is 2.13. The van der Waals surface area contributed by atoms with Crippen molar-refractivity contribution in [2.75, 3.05) is 24.2 Å². The smallest absolute Gasteiger partial charge is 0.243 e. The summed E-state index contributed by atoms with van der Waals surface area (Å²) in [5.41, 5.74) is 1.19. The van der Waals surface area contributed by atoms with E-state index in [1.54, 1.807) is 41.3 Å². The number of benzene rings is 2. The van der Waals surface area contributed by atoms with Crippen LogP contribution in [0.1, 0.15) is 63.9 Å². The van der Waals surface area contributed by atoms with Crippen molar-refractivity contribution in [1.82, 2.24) is 10.2 Å². The molecule has 2 aromatic carbocycles. The zero-order valence-corrected chi connectivity index (χ0v) is 23.9. The second kappa shape index (κ2) is 14.3. The Bertz CT molecular complexity index is 1180. The van der Waals surface area contributed by atoms with Crippen LogP contribution in [0.4, 0.5) is 10.1 Å². The molecule has 1 atom stereocenters. The molecule has 1 N–H and O–H groups in total. The molecule has 0 aromatic heterocycles. The topological polar surface area (TPSA) is 96.0 Å². The fourth-order valence-electron chi connectivity index (χ4n) is 5.00. The minimum absolute atomic E-state index is 0.0522. The molecule has 1 aliphatic rings. The van der Waals surface area contributed by atoms with Crippen molar-refractivity contribution in [3.05, 3.63) is 59.9 Å². The zero-order chi connectivity index (χ0) is 28.4. The highest BCUT2D eigenvalue weighted by Crippen LogP contribution is 2.23. The number of nitrogens with zero attached hydrogens (tertiary/aromatic N) is 2. The molecule has 39 heavy (non-hydrogen) atoms. The average Bonchev–Trinajstić information content (AvgIpc) is 2.92. The van der Waals surface area contributed by atoms with E-state index in [9.17, 15) is 22.4 Å². The van der Waals surface area contributed by atoms with Crippen LogP contribution in [-0.4, -0.2) is 57.1 Å². The van der Waals surface area contributed by atoms with Crippen LogP contribution in [0.5, 0.6) is 5.75 Å². The van der Waals surface area contributed by atoms with Crippen LogP contribution >= 0.6 is 0 Å².